The molecule has 1 aliphatic carbocycles. The van der Waals surface area contributed by atoms with Crippen molar-refractivity contribution in [2.75, 3.05) is 31.6 Å². The maximum atomic E-state index is 15.9. The highest BCUT2D eigenvalue weighted by molar-refractivity contribution is 6.20. The number of anilines is 1. The molecule has 0 radical (unpaired) electrons. The fourth-order valence-electron chi connectivity index (χ4n) is 8.14. The summed E-state index contributed by atoms with van der Waals surface area (Å²) >= 11 is 0. The number of nitriles is 1. The van der Waals surface area contributed by atoms with Gasteiger partial charge in [-0.15, -0.1) is 0 Å². The van der Waals surface area contributed by atoms with Crippen LogP contribution >= 0.6 is 0 Å². The molecule has 3 unspecified atom stereocenters. The maximum absolute atomic E-state index is 15.9. The largest absolute Gasteiger partial charge is 0.369 e. The monoisotopic (exact) mass is 646 g/mol. The number of piperidine rings is 2. The summed E-state index contributed by atoms with van der Waals surface area (Å²) in [5, 5.41) is 16.4. The molecule has 3 aliphatic rings. The van der Waals surface area contributed by atoms with Crippen molar-refractivity contribution in [1.82, 2.24) is 10.6 Å². The van der Waals surface area contributed by atoms with E-state index in [4.69, 9.17) is 5.26 Å². The average Bonchev–Trinajstić information content (AvgIpc) is 3.37. The zero-order valence-electron chi connectivity index (χ0n) is 26.7. The van der Waals surface area contributed by atoms with Crippen molar-refractivity contribution in [3.05, 3.63) is 112 Å². The lowest BCUT2D eigenvalue weighted by atomic mass is 9.79. The minimum atomic E-state index is -0.637. The Morgan fingerprint density at radius 1 is 0.958 bits per heavy atom. The van der Waals surface area contributed by atoms with Crippen LogP contribution < -0.4 is 15.5 Å². The van der Waals surface area contributed by atoms with Crippen molar-refractivity contribution < 1.29 is 23.2 Å². The van der Waals surface area contributed by atoms with Crippen LogP contribution in [0.3, 0.4) is 0 Å². The average molecular weight is 647 g/mol. The summed E-state index contributed by atoms with van der Waals surface area (Å²) in [5.74, 6) is -2.37. The number of carbonyl (C=O) groups excluding carboxylic acids is 3. The van der Waals surface area contributed by atoms with E-state index in [1.54, 1.807) is 24.3 Å². The van der Waals surface area contributed by atoms with Gasteiger partial charge in [-0.3, -0.25) is 19.7 Å². The van der Waals surface area contributed by atoms with Gasteiger partial charge in [0.15, 0.2) is 5.78 Å². The molecule has 2 saturated heterocycles. The summed E-state index contributed by atoms with van der Waals surface area (Å²) in [6.07, 6.45) is 2.54. The van der Waals surface area contributed by atoms with Crippen LogP contribution in [0, 0.1) is 34.8 Å². The molecule has 0 spiro atoms. The van der Waals surface area contributed by atoms with Gasteiger partial charge in [-0.25, -0.2) is 8.78 Å². The molecular weight excluding hydrogens is 610 g/mol. The summed E-state index contributed by atoms with van der Waals surface area (Å²) < 4.78 is 30.6. The van der Waals surface area contributed by atoms with E-state index in [0.717, 1.165) is 40.3 Å². The Kier molecular flexibility index (Phi) is 8.52. The molecule has 0 bridgehead atoms. The van der Waals surface area contributed by atoms with Gasteiger partial charge in [0.25, 0.3) is 0 Å². The zero-order chi connectivity index (χ0) is 33.5. The third-order valence-electron chi connectivity index (χ3n) is 10.6. The molecule has 7 rings (SSSR count). The minimum absolute atomic E-state index is 0.0820. The first kappa shape index (κ1) is 31.6. The molecule has 2 N–H and O–H groups in total. The van der Waals surface area contributed by atoms with Gasteiger partial charge in [0, 0.05) is 38.0 Å². The smallest absolute Gasteiger partial charge is 0.230 e. The number of halogens is 2. The van der Waals surface area contributed by atoms with Gasteiger partial charge in [0.2, 0.25) is 11.8 Å². The molecule has 4 aromatic carbocycles. The molecule has 244 valence electrons. The van der Waals surface area contributed by atoms with E-state index in [0.29, 0.717) is 54.9 Å². The Hall–Kier alpha value is -4.94. The Labute approximate surface area is 277 Å². The van der Waals surface area contributed by atoms with Crippen LogP contribution in [0.2, 0.25) is 0 Å². The Morgan fingerprint density at radius 2 is 1.75 bits per heavy atom. The topological polar surface area (TPSA) is 102 Å². The standard InChI is InChI=1S/C39H36F2N4O3/c1-43-21-31(23-13-15-45(16-14-23)34-11-5-22(20-42)17-33(34)41)25-6-7-26(32(40)19-25)18-24-8-9-28-36-27(24)3-2-4-29(36)38(47)37(28)30-10-12-35(46)44-39(30)48/h2-9,11,17,19,23,30-31,37,43H,10,12-16,18,21H2,1H3,(H,44,46,48). The van der Waals surface area contributed by atoms with Crippen LogP contribution in [0.4, 0.5) is 14.5 Å². The second-order valence-electron chi connectivity index (χ2n) is 13.2. The minimum Gasteiger partial charge on any atom is -0.369 e. The highest BCUT2D eigenvalue weighted by atomic mass is 19.1. The fraction of sp³-hybridized carbons (Fsp3) is 0.333. The third-order valence-corrected chi connectivity index (χ3v) is 10.6. The molecule has 0 aromatic heterocycles. The van der Waals surface area contributed by atoms with Crippen LogP contribution in [0.1, 0.15) is 75.7 Å². The number of imide groups is 1. The summed E-state index contributed by atoms with van der Waals surface area (Å²) in [6.45, 7) is 2.03. The van der Waals surface area contributed by atoms with Gasteiger partial charge in [0.1, 0.15) is 11.6 Å². The molecule has 4 aromatic rings. The van der Waals surface area contributed by atoms with E-state index >= 15 is 4.39 Å². The molecule has 3 atom stereocenters. The number of benzene rings is 4. The van der Waals surface area contributed by atoms with Crippen molar-refractivity contribution in [3.63, 3.8) is 0 Å². The first-order valence-electron chi connectivity index (χ1n) is 16.6. The molecule has 2 amide bonds. The van der Waals surface area contributed by atoms with E-state index in [-0.39, 0.29) is 35.8 Å². The highest BCUT2D eigenvalue weighted by Crippen LogP contribution is 2.45. The zero-order valence-corrected chi connectivity index (χ0v) is 26.7. The normalized spacial score (nSPS) is 20.2. The first-order chi connectivity index (χ1) is 23.3. The first-order valence-corrected chi connectivity index (χ1v) is 16.6. The number of carbonyl (C=O) groups is 3. The number of nitrogens with one attached hydrogen (secondary N) is 2. The Morgan fingerprint density at radius 3 is 2.46 bits per heavy atom. The van der Waals surface area contributed by atoms with Gasteiger partial charge < -0.3 is 10.2 Å². The van der Waals surface area contributed by atoms with Crippen LogP contribution in [-0.2, 0) is 16.0 Å². The number of ketones is 1. The Balaban J connectivity index is 1.10. The molecule has 2 heterocycles. The second kappa shape index (κ2) is 12.9. The van der Waals surface area contributed by atoms with Crippen molar-refractivity contribution in [3.8, 4) is 6.07 Å². The lowest BCUT2D eigenvalue weighted by Crippen LogP contribution is -2.43. The quantitative estimate of drug-likeness (QED) is 0.223. The van der Waals surface area contributed by atoms with Gasteiger partial charge in [-0.05, 0) is 95.4 Å². The number of likely N-dealkylation sites (N-methyl/N-ethyl adjacent to an activating group) is 1. The highest BCUT2D eigenvalue weighted by Gasteiger charge is 2.43. The number of nitrogens with zero attached hydrogens (tertiary/aromatic N) is 2. The molecule has 9 heteroatoms. The predicted molar refractivity (Wildman–Crippen MR) is 179 cm³/mol. The van der Waals surface area contributed by atoms with E-state index in [1.807, 2.05) is 54.4 Å². The van der Waals surface area contributed by atoms with Crippen LogP contribution in [-0.4, -0.2) is 44.3 Å². The number of amides is 2. The van der Waals surface area contributed by atoms with Crippen LogP contribution in [0.5, 0.6) is 0 Å². The molecule has 2 aliphatic heterocycles. The molecule has 0 saturated carbocycles. The third kappa shape index (κ3) is 5.64. The molecule has 7 nitrogen and oxygen atoms in total. The fourth-order valence-corrected chi connectivity index (χ4v) is 8.14. The lowest BCUT2D eigenvalue weighted by molar-refractivity contribution is -0.136. The van der Waals surface area contributed by atoms with E-state index in [9.17, 15) is 18.8 Å². The van der Waals surface area contributed by atoms with E-state index < -0.39 is 23.6 Å². The van der Waals surface area contributed by atoms with Crippen molar-refractivity contribution in [2.45, 2.75) is 43.9 Å². The van der Waals surface area contributed by atoms with Gasteiger partial charge >= 0.3 is 0 Å². The van der Waals surface area contributed by atoms with Crippen molar-refractivity contribution in [1.29, 1.82) is 5.26 Å². The number of hydrogen-bond donors (Lipinski definition) is 2. The molecular formula is C39H36F2N4O3. The predicted octanol–water partition coefficient (Wildman–Crippen LogP) is 6.13. The molecule has 2 fully saturated rings. The van der Waals surface area contributed by atoms with Crippen molar-refractivity contribution >= 4 is 34.1 Å². The molecule has 48 heavy (non-hydrogen) atoms. The van der Waals surface area contributed by atoms with Gasteiger partial charge in [0.05, 0.1) is 29.2 Å². The summed E-state index contributed by atoms with van der Waals surface area (Å²) in [4.78, 5) is 40.1. The van der Waals surface area contributed by atoms with Crippen LogP contribution in [0.25, 0.3) is 10.8 Å². The number of hydrogen-bond acceptors (Lipinski definition) is 6. The number of Topliss-reactive ketones (excluding diaryl/α,β-unsaturated/α-hetero) is 1. The van der Waals surface area contributed by atoms with Crippen molar-refractivity contribution in [2.24, 2.45) is 11.8 Å². The van der Waals surface area contributed by atoms with Gasteiger partial charge in [-0.1, -0.05) is 42.5 Å². The van der Waals surface area contributed by atoms with E-state index in [2.05, 4.69) is 10.6 Å². The summed E-state index contributed by atoms with van der Waals surface area (Å²) in [5.41, 5.74) is 4.54. The van der Waals surface area contributed by atoms with Crippen LogP contribution in [0.15, 0.2) is 66.7 Å². The van der Waals surface area contributed by atoms with E-state index in [1.165, 1.54) is 6.07 Å². The number of rotatable bonds is 8. The Bertz CT molecular complexity index is 2000. The SMILES string of the molecule is CNCC(c1ccc(Cc2ccc3c4c(cccc24)C(=O)C3C2CCC(=O)NC2=O)c(F)c1)C1CCN(c2ccc(C#N)cc2F)CC1. The lowest BCUT2D eigenvalue weighted by Gasteiger charge is -2.37. The van der Waals surface area contributed by atoms with Gasteiger partial charge in [-0.2, -0.15) is 5.26 Å². The second-order valence-corrected chi connectivity index (χ2v) is 13.2. The summed E-state index contributed by atoms with van der Waals surface area (Å²) in [7, 11) is 1.89. The maximum Gasteiger partial charge on any atom is 0.230 e. The summed E-state index contributed by atoms with van der Waals surface area (Å²) in [6, 6.07) is 21.5.